The summed E-state index contributed by atoms with van der Waals surface area (Å²) in [7, 11) is -2.00. The number of fused-ring (bicyclic) bond motifs is 1. The molecule has 0 aromatic heterocycles. The molecule has 2 rings (SSSR count). The van der Waals surface area contributed by atoms with Crippen molar-refractivity contribution in [2.24, 2.45) is 0 Å². The highest BCUT2D eigenvalue weighted by molar-refractivity contribution is 6.78. The third-order valence-electron chi connectivity index (χ3n) is 5.06. The zero-order chi connectivity index (χ0) is 17.4. The number of aromatic hydroxyl groups is 1. The molecule has 0 aliphatic heterocycles. The molecule has 0 heterocycles. The van der Waals surface area contributed by atoms with E-state index in [1.54, 1.807) is 6.07 Å². The van der Waals surface area contributed by atoms with Crippen molar-refractivity contribution in [3.05, 3.63) is 35.9 Å². The van der Waals surface area contributed by atoms with E-state index in [0.29, 0.717) is 22.4 Å². The highest BCUT2D eigenvalue weighted by atomic mass is 28.4. The quantitative estimate of drug-likeness (QED) is 0.642. The molecule has 0 aliphatic rings. The standard InChI is InChI=1S/C20H30O2Si/c1-13(2)23(14(3)4,15(5)6)22-18-11-17-10-16(7)8-9-19(17)20(21)12-18/h8-15,21H,1-7H3. The highest BCUT2D eigenvalue weighted by Gasteiger charge is 2.47. The van der Waals surface area contributed by atoms with Crippen molar-refractivity contribution < 1.29 is 9.53 Å². The van der Waals surface area contributed by atoms with Crippen LogP contribution in [0.15, 0.2) is 30.3 Å². The van der Waals surface area contributed by atoms with Gasteiger partial charge in [-0.05, 0) is 35.0 Å². The maximum atomic E-state index is 10.4. The first-order valence-electron chi connectivity index (χ1n) is 8.60. The van der Waals surface area contributed by atoms with Gasteiger partial charge in [-0.3, -0.25) is 0 Å². The summed E-state index contributed by atoms with van der Waals surface area (Å²) in [6.45, 7) is 15.7. The molecule has 0 radical (unpaired) electrons. The molecule has 0 saturated carbocycles. The van der Waals surface area contributed by atoms with Crippen molar-refractivity contribution in [3.8, 4) is 11.5 Å². The first-order valence-corrected chi connectivity index (χ1v) is 10.7. The molecule has 0 amide bonds. The molecule has 0 atom stereocenters. The summed E-state index contributed by atoms with van der Waals surface area (Å²) in [5.74, 6) is 1.11. The molecule has 0 fully saturated rings. The van der Waals surface area contributed by atoms with E-state index in [-0.39, 0.29) is 0 Å². The minimum Gasteiger partial charge on any atom is -0.543 e. The van der Waals surface area contributed by atoms with Crippen LogP contribution in [0.1, 0.15) is 47.1 Å². The van der Waals surface area contributed by atoms with Gasteiger partial charge in [-0.15, -0.1) is 0 Å². The van der Waals surface area contributed by atoms with Crippen LogP contribution in [0, 0.1) is 6.92 Å². The number of rotatable bonds is 5. The molecule has 2 nitrogen and oxygen atoms in total. The summed E-state index contributed by atoms with van der Waals surface area (Å²) >= 11 is 0. The van der Waals surface area contributed by atoms with Crippen molar-refractivity contribution in [1.82, 2.24) is 0 Å². The Kier molecular flexibility index (Phi) is 5.09. The lowest BCUT2D eigenvalue weighted by Crippen LogP contribution is -2.50. The average Bonchev–Trinajstić information content (AvgIpc) is 2.42. The van der Waals surface area contributed by atoms with Gasteiger partial charge >= 0.3 is 0 Å². The summed E-state index contributed by atoms with van der Waals surface area (Å²) in [6.07, 6.45) is 0. The predicted molar refractivity (Wildman–Crippen MR) is 102 cm³/mol. The smallest absolute Gasteiger partial charge is 0.258 e. The van der Waals surface area contributed by atoms with Crippen LogP contribution in [0.2, 0.25) is 16.6 Å². The topological polar surface area (TPSA) is 29.5 Å². The van der Waals surface area contributed by atoms with E-state index in [2.05, 4.69) is 60.6 Å². The Labute approximate surface area is 141 Å². The number of phenols is 1. The van der Waals surface area contributed by atoms with Gasteiger partial charge in [0.2, 0.25) is 0 Å². The van der Waals surface area contributed by atoms with Crippen molar-refractivity contribution in [2.45, 2.75) is 65.1 Å². The molecule has 0 spiro atoms. The van der Waals surface area contributed by atoms with Crippen molar-refractivity contribution >= 4 is 19.1 Å². The van der Waals surface area contributed by atoms with E-state index in [1.165, 1.54) is 5.56 Å². The number of aryl methyl sites for hydroxylation is 1. The van der Waals surface area contributed by atoms with E-state index >= 15 is 0 Å². The van der Waals surface area contributed by atoms with Gasteiger partial charge < -0.3 is 9.53 Å². The molecule has 0 aliphatic carbocycles. The van der Waals surface area contributed by atoms with Gasteiger partial charge in [0.15, 0.2) is 0 Å². The zero-order valence-electron chi connectivity index (χ0n) is 15.5. The summed E-state index contributed by atoms with van der Waals surface area (Å²) in [4.78, 5) is 0. The predicted octanol–water partition coefficient (Wildman–Crippen LogP) is 6.41. The van der Waals surface area contributed by atoms with Crippen LogP contribution < -0.4 is 4.43 Å². The molecular formula is C20H30O2Si. The molecule has 23 heavy (non-hydrogen) atoms. The van der Waals surface area contributed by atoms with Crippen LogP contribution >= 0.6 is 0 Å². The Hall–Kier alpha value is -1.48. The lowest BCUT2D eigenvalue weighted by molar-refractivity contribution is 0.461. The summed E-state index contributed by atoms with van der Waals surface area (Å²) in [6, 6.07) is 9.97. The average molecular weight is 331 g/mol. The maximum Gasteiger partial charge on any atom is 0.258 e. The number of hydrogen-bond donors (Lipinski definition) is 1. The Balaban J connectivity index is 2.54. The fraction of sp³-hybridized carbons (Fsp3) is 0.500. The van der Waals surface area contributed by atoms with Gasteiger partial charge in [-0.1, -0.05) is 65.3 Å². The summed E-state index contributed by atoms with van der Waals surface area (Å²) in [5, 5.41) is 12.3. The van der Waals surface area contributed by atoms with E-state index < -0.39 is 8.32 Å². The summed E-state index contributed by atoms with van der Waals surface area (Å²) < 4.78 is 6.69. The van der Waals surface area contributed by atoms with E-state index in [1.807, 2.05) is 12.1 Å². The molecule has 2 aromatic rings. The number of benzene rings is 2. The fourth-order valence-electron chi connectivity index (χ4n) is 4.06. The molecule has 0 bridgehead atoms. The second kappa shape index (κ2) is 6.56. The minimum absolute atomic E-state index is 0.302. The molecule has 2 aromatic carbocycles. The van der Waals surface area contributed by atoms with Crippen LogP contribution in [0.3, 0.4) is 0 Å². The van der Waals surface area contributed by atoms with Crippen molar-refractivity contribution in [2.75, 3.05) is 0 Å². The minimum atomic E-state index is -2.00. The number of phenolic OH excluding ortho intramolecular Hbond substituents is 1. The fourth-order valence-corrected chi connectivity index (χ4v) is 9.29. The van der Waals surface area contributed by atoms with Crippen LogP contribution in [-0.2, 0) is 0 Å². The Bertz CT molecular complexity index is 668. The van der Waals surface area contributed by atoms with Gasteiger partial charge in [0.25, 0.3) is 8.32 Å². The maximum absolute atomic E-state index is 10.4. The van der Waals surface area contributed by atoms with E-state index in [9.17, 15) is 5.11 Å². The molecular weight excluding hydrogens is 300 g/mol. The molecule has 3 heteroatoms. The van der Waals surface area contributed by atoms with Gasteiger partial charge in [-0.25, -0.2) is 0 Å². The third kappa shape index (κ3) is 3.25. The van der Waals surface area contributed by atoms with Crippen LogP contribution in [0.4, 0.5) is 0 Å². The monoisotopic (exact) mass is 330 g/mol. The van der Waals surface area contributed by atoms with Gasteiger partial charge in [-0.2, -0.15) is 0 Å². The molecule has 0 saturated heterocycles. The van der Waals surface area contributed by atoms with Gasteiger partial charge in [0.1, 0.15) is 11.5 Å². The van der Waals surface area contributed by atoms with E-state index in [4.69, 9.17) is 4.43 Å². The Morgan fingerprint density at radius 3 is 1.96 bits per heavy atom. The normalized spacial score (nSPS) is 12.6. The molecule has 0 unspecified atom stereocenters. The van der Waals surface area contributed by atoms with Gasteiger partial charge in [0.05, 0.1) is 0 Å². The zero-order valence-corrected chi connectivity index (χ0v) is 16.5. The van der Waals surface area contributed by atoms with Crippen LogP contribution in [0.25, 0.3) is 10.8 Å². The largest absolute Gasteiger partial charge is 0.543 e. The van der Waals surface area contributed by atoms with E-state index in [0.717, 1.165) is 16.5 Å². The highest BCUT2D eigenvalue weighted by Crippen LogP contribution is 2.44. The lowest BCUT2D eigenvalue weighted by Gasteiger charge is -2.42. The second-order valence-electron chi connectivity index (χ2n) is 7.59. The molecule has 126 valence electrons. The Morgan fingerprint density at radius 2 is 1.43 bits per heavy atom. The summed E-state index contributed by atoms with van der Waals surface area (Å²) in [5.41, 5.74) is 2.72. The van der Waals surface area contributed by atoms with Crippen molar-refractivity contribution in [1.29, 1.82) is 0 Å². The second-order valence-corrected chi connectivity index (χ2v) is 13.0. The van der Waals surface area contributed by atoms with Crippen LogP contribution in [-0.4, -0.2) is 13.4 Å². The van der Waals surface area contributed by atoms with Crippen molar-refractivity contribution in [3.63, 3.8) is 0 Å². The van der Waals surface area contributed by atoms with Crippen LogP contribution in [0.5, 0.6) is 11.5 Å². The lowest BCUT2D eigenvalue weighted by atomic mass is 10.1. The number of hydrogen-bond acceptors (Lipinski definition) is 2. The Morgan fingerprint density at radius 1 is 0.870 bits per heavy atom. The first-order chi connectivity index (χ1) is 10.7. The molecule has 1 N–H and O–H groups in total. The SMILES string of the molecule is Cc1ccc2c(O)cc(O[Si](C(C)C)(C(C)C)C(C)C)cc2c1. The third-order valence-corrected chi connectivity index (χ3v) is 11.1. The first kappa shape index (κ1) is 17.9. The van der Waals surface area contributed by atoms with Gasteiger partial charge in [0, 0.05) is 11.5 Å².